The molecule has 3 aromatic rings. The highest BCUT2D eigenvalue weighted by atomic mass is 35.5. The third kappa shape index (κ3) is 2.01. The number of nitrogen functional groups attached to an aromatic ring is 1. The first-order valence-electron chi connectivity index (χ1n) is 5.86. The third-order valence-electron chi connectivity index (χ3n) is 3.06. The Hall–Kier alpha value is -1.78. The van der Waals surface area contributed by atoms with Crippen molar-refractivity contribution < 1.29 is 4.39 Å². The largest absolute Gasteiger partial charge is 0.383 e. The van der Waals surface area contributed by atoms with Gasteiger partial charge in [0, 0.05) is 11.8 Å². The maximum atomic E-state index is 14.0. The summed E-state index contributed by atoms with van der Waals surface area (Å²) in [5, 5.41) is 0.798. The predicted molar refractivity (Wildman–Crippen MR) is 79.8 cm³/mol. The topological polar surface area (TPSA) is 43.3 Å². The number of anilines is 1. The van der Waals surface area contributed by atoms with E-state index in [1.54, 1.807) is 28.8 Å². The molecule has 2 N–H and O–H groups in total. The highest BCUT2D eigenvalue weighted by Gasteiger charge is 2.17. The Morgan fingerprint density at radius 1 is 1.25 bits per heavy atom. The molecule has 2 aromatic heterocycles. The van der Waals surface area contributed by atoms with Gasteiger partial charge in [-0.1, -0.05) is 34.8 Å². The average molecular weight is 310 g/mol. The molecule has 0 spiro atoms. The molecule has 0 bridgehead atoms. The Labute approximate surface area is 124 Å². The third-order valence-corrected chi connectivity index (χ3v) is 3.54. The maximum absolute atomic E-state index is 14.0. The number of nitrogens with zero attached hydrogens (tertiary/aromatic N) is 2. The number of halogens is 3. The van der Waals surface area contributed by atoms with Gasteiger partial charge in [-0.05, 0) is 25.1 Å². The van der Waals surface area contributed by atoms with Gasteiger partial charge in [0.25, 0.3) is 0 Å². The van der Waals surface area contributed by atoms with Crippen LogP contribution in [0.5, 0.6) is 0 Å². The lowest BCUT2D eigenvalue weighted by molar-refractivity contribution is 0.630. The Balaban J connectivity index is 2.35. The average Bonchev–Trinajstić information content (AvgIpc) is 2.71. The maximum Gasteiger partial charge on any atom is 0.158 e. The summed E-state index contributed by atoms with van der Waals surface area (Å²) in [4.78, 5) is 4.33. The summed E-state index contributed by atoms with van der Waals surface area (Å²) in [6.07, 6.45) is 1.60. The fraction of sp³-hybridized carbons (Fsp3) is 0.0714. The molecule has 0 aliphatic heterocycles. The number of pyridine rings is 1. The van der Waals surface area contributed by atoms with Crippen LogP contribution in [0.2, 0.25) is 10.0 Å². The SMILES string of the molecule is Cc1ccc(F)c(-c2nc3c(Cl)cc(Cl)cn3c2N)c1. The van der Waals surface area contributed by atoms with Crippen LogP contribution < -0.4 is 5.73 Å². The number of rotatable bonds is 1. The molecule has 0 aliphatic carbocycles. The Morgan fingerprint density at radius 2 is 2.00 bits per heavy atom. The zero-order valence-electron chi connectivity index (χ0n) is 10.5. The molecule has 0 unspecified atom stereocenters. The molecular weight excluding hydrogens is 300 g/mol. The molecule has 0 aliphatic rings. The normalized spacial score (nSPS) is 11.2. The number of hydrogen-bond acceptors (Lipinski definition) is 2. The number of aryl methyl sites for hydroxylation is 1. The molecule has 1 aromatic carbocycles. The van der Waals surface area contributed by atoms with Crippen molar-refractivity contribution in [1.82, 2.24) is 9.38 Å². The number of aromatic nitrogens is 2. The highest BCUT2D eigenvalue weighted by Crippen LogP contribution is 2.32. The van der Waals surface area contributed by atoms with E-state index in [0.717, 1.165) is 5.56 Å². The van der Waals surface area contributed by atoms with Gasteiger partial charge in [-0.3, -0.25) is 4.40 Å². The molecule has 3 rings (SSSR count). The summed E-state index contributed by atoms with van der Waals surface area (Å²) < 4.78 is 15.5. The lowest BCUT2D eigenvalue weighted by Gasteiger charge is -2.03. The molecule has 0 radical (unpaired) electrons. The van der Waals surface area contributed by atoms with Crippen molar-refractivity contribution in [2.75, 3.05) is 5.73 Å². The molecule has 102 valence electrons. The number of nitrogens with two attached hydrogens (primary N) is 1. The van der Waals surface area contributed by atoms with Gasteiger partial charge in [0.2, 0.25) is 0 Å². The highest BCUT2D eigenvalue weighted by molar-refractivity contribution is 6.36. The van der Waals surface area contributed by atoms with Gasteiger partial charge in [-0.15, -0.1) is 0 Å². The van der Waals surface area contributed by atoms with Gasteiger partial charge < -0.3 is 5.73 Å². The van der Waals surface area contributed by atoms with Gasteiger partial charge in [0.1, 0.15) is 17.3 Å². The van der Waals surface area contributed by atoms with E-state index in [1.807, 2.05) is 6.92 Å². The number of imidazole rings is 1. The fourth-order valence-corrected chi connectivity index (χ4v) is 2.62. The summed E-state index contributed by atoms with van der Waals surface area (Å²) in [6.45, 7) is 1.87. The van der Waals surface area contributed by atoms with Gasteiger partial charge in [0.15, 0.2) is 5.65 Å². The number of benzene rings is 1. The van der Waals surface area contributed by atoms with Crippen LogP contribution >= 0.6 is 23.2 Å². The van der Waals surface area contributed by atoms with Gasteiger partial charge in [-0.25, -0.2) is 9.37 Å². The fourth-order valence-electron chi connectivity index (χ4n) is 2.11. The van der Waals surface area contributed by atoms with E-state index >= 15 is 0 Å². The Kier molecular flexibility index (Phi) is 3.07. The molecule has 2 heterocycles. The molecule has 0 fully saturated rings. The van der Waals surface area contributed by atoms with Crippen molar-refractivity contribution >= 4 is 34.7 Å². The van der Waals surface area contributed by atoms with Crippen molar-refractivity contribution in [3.8, 4) is 11.3 Å². The molecule has 0 saturated heterocycles. The molecule has 3 nitrogen and oxygen atoms in total. The smallest absolute Gasteiger partial charge is 0.158 e. The monoisotopic (exact) mass is 309 g/mol. The van der Waals surface area contributed by atoms with Crippen LogP contribution in [0.25, 0.3) is 16.9 Å². The number of hydrogen-bond donors (Lipinski definition) is 1. The van der Waals surface area contributed by atoms with Crippen LogP contribution in [0.15, 0.2) is 30.5 Å². The van der Waals surface area contributed by atoms with E-state index in [1.165, 1.54) is 6.07 Å². The second-order valence-electron chi connectivity index (χ2n) is 4.53. The van der Waals surface area contributed by atoms with Crippen molar-refractivity contribution in [1.29, 1.82) is 0 Å². The van der Waals surface area contributed by atoms with Gasteiger partial charge >= 0.3 is 0 Å². The molecule has 20 heavy (non-hydrogen) atoms. The molecule has 0 amide bonds. The van der Waals surface area contributed by atoms with Gasteiger partial charge in [-0.2, -0.15) is 0 Å². The van der Waals surface area contributed by atoms with Crippen LogP contribution in [-0.4, -0.2) is 9.38 Å². The van der Waals surface area contributed by atoms with Crippen molar-refractivity contribution in [2.24, 2.45) is 0 Å². The first-order valence-corrected chi connectivity index (χ1v) is 6.62. The lowest BCUT2D eigenvalue weighted by atomic mass is 10.1. The lowest BCUT2D eigenvalue weighted by Crippen LogP contribution is -1.95. The molecular formula is C14H10Cl2FN3. The minimum atomic E-state index is -0.382. The summed E-state index contributed by atoms with van der Waals surface area (Å²) in [5.74, 6) is -0.0816. The van der Waals surface area contributed by atoms with Gasteiger partial charge in [0.05, 0.1) is 10.0 Å². The van der Waals surface area contributed by atoms with Crippen LogP contribution in [-0.2, 0) is 0 Å². The summed E-state index contributed by atoms with van der Waals surface area (Å²) >= 11 is 12.0. The first-order chi connectivity index (χ1) is 9.47. The summed E-state index contributed by atoms with van der Waals surface area (Å²) in [6, 6.07) is 6.35. The van der Waals surface area contributed by atoms with Crippen molar-refractivity contribution in [3.63, 3.8) is 0 Å². The van der Waals surface area contributed by atoms with Crippen LogP contribution in [0.4, 0.5) is 10.2 Å². The van der Waals surface area contributed by atoms with Crippen molar-refractivity contribution in [2.45, 2.75) is 6.92 Å². The zero-order chi connectivity index (χ0) is 14.4. The minimum absolute atomic E-state index is 0.300. The predicted octanol–water partition coefficient (Wildman–Crippen LogP) is 4.34. The molecule has 6 heteroatoms. The Morgan fingerprint density at radius 3 is 2.75 bits per heavy atom. The minimum Gasteiger partial charge on any atom is -0.383 e. The number of fused-ring (bicyclic) bond motifs is 1. The summed E-state index contributed by atoms with van der Waals surface area (Å²) in [7, 11) is 0. The van der Waals surface area contributed by atoms with E-state index in [2.05, 4.69) is 4.98 Å². The van der Waals surface area contributed by atoms with Crippen LogP contribution in [0.3, 0.4) is 0 Å². The second-order valence-corrected chi connectivity index (χ2v) is 5.37. The first kappa shape index (κ1) is 13.2. The van der Waals surface area contributed by atoms with E-state index in [4.69, 9.17) is 28.9 Å². The van der Waals surface area contributed by atoms with E-state index in [-0.39, 0.29) is 5.82 Å². The van der Waals surface area contributed by atoms with E-state index < -0.39 is 0 Å². The van der Waals surface area contributed by atoms with E-state index in [9.17, 15) is 4.39 Å². The Bertz CT molecular complexity index is 827. The van der Waals surface area contributed by atoms with Crippen molar-refractivity contribution in [3.05, 3.63) is 51.9 Å². The second kappa shape index (κ2) is 4.65. The molecule has 0 saturated carbocycles. The quantitative estimate of drug-likeness (QED) is 0.726. The zero-order valence-corrected chi connectivity index (χ0v) is 12.0. The van der Waals surface area contributed by atoms with Crippen LogP contribution in [0, 0.1) is 12.7 Å². The molecule has 0 atom stereocenters. The van der Waals surface area contributed by atoms with Crippen LogP contribution in [0.1, 0.15) is 5.56 Å². The summed E-state index contributed by atoms with van der Waals surface area (Å²) in [5.41, 5.74) is 8.11. The van der Waals surface area contributed by atoms with E-state index in [0.29, 0.717) is 32.8 Å². The standard InChI is InChI=1S/C14H10Cl2FN3/c1-7-2-3-11(17)9(4-7)12-13(18)20-6-8(15)5-10(16)14(20)19-12/h2-6H,18H2,1H3.